The van der Waals surface area contributed by atoms with Crippen molar-refractivity contribution in [3.05, 3.63) is 34.2 Å². The quantitative estimate of drug-likeness (QED) is 0.626. The van der Waals surface area contributed by atoms with Gasteiger partial charge in [-0.1, -0.05) is 0 Å². The molecule has 122 valence electrons. The summed E-state index contributed by atoms with van der Waals surface area (Å²) in [5.41, 5.74) is -0.123. The number of fused-ring (bicyclic) bond motifs is 3. The first kappa shape index (κ1) is 15.4. The van der Waals surface area contributed by atoms with E-state index in [1.165, 1.54) is 20.1 Å². The highest BCUT2D eigenvalue weighted by molar-refractivity contribution is 5.89. The summed E-state index contributed by atoms with van der Waals surface area (Å²) in [4.78, 5) is 23.1. The van der Waals surface area contributed by atoms with Gasteiger partial charge in [-0.05, 0) is 19.9 Å². The van der Waals surface area contributed by atoms with E-state index in [1.54, 1.807) is 12.1 Å². The Morgan fingerprint density at radius 1 is 1.35 bits per heavy atom. The minimum atomic E-state index is -0.551. The van der Waals surface area contributed by atoms with Crippen molar-refractivity contribution in [1.82, 2.24) is 0 Å². The minimum absolute atomic E-state index is 0.327. The molecule has 0 N–H and O–H groups in total. The number of hydrogen-bond donors (Lipinski definition) is 0. The van der Waals surface area contributed by atoms with Gasteiger partial charge < -0.3 is 18.6 Å². The fourth-order valence-electron chi connectivity index (χ4n) is 2.94. The average molecular weight is 318 g/mol. The molecule has 6 nitrogen and oxygen atoms in total. The number of carbonyl (C=O) groups is 1. The van der Waals surface area contributed by atoms with E-state index < -0.39 is 23.3 Å². The van der Waals surface area contributed by atoms with Crippen LogP contribution in [0.25, 0.3) is 11.0 Å². The molecule has 2 aromatic rings. The van der Waals surface area contributed by atoms with Crippen LogP contribution in [0.15, 0.2) is 27.4 Å². The molecule has 0 saturated heterocycles. The molecule has 1 aliphatic rings. The Morgan fingerprint density at radius 2 is 2.09 bits per heavy atom. The normalized spacial score (nSPS) is 18.9. The lowest BCUT2D eigenvalue weighted by Crippen LogP contribution is -2.36. The highest BCUT2D eigenvalue weighted by Crippen LogP contribution is 2.47. The van der Waals surface area contributed by atoms with E-state index >= 15 is 0 Å². The first-order valence-electron chi connectivity index (χ1n) is 7.32. The SMILES string of the molecule is COc1cc2c(c3oc(=O)ccc13)[C@@H](OC(C)=O)CC(C)(C)O2. The lowest BCUT2D eigenvalue weighted by atomic mass is 9.90. The average Bonchev–Trinajstić information content (AvgIpc) is 2.43. The second kappa shape index (κ2) is 5.30. The molecule has 0 saturated carbocycles. The zero-order valence-corrected chi connectivity index (χ0v) is 13.5. The van der Waals surface area contributed by atoms with E-state index in [2.05, 4.69) is 0 Å². The maximum absolute atomic E-state index is 11.7. The van der Waals surface area contributed by atoms with Gasteiger partial charge in [0.15, 0.2) is 5.58 Å². The monoisotopic (exact) mass is 318 g/mol. The number of esters is 1. The van der Waals surface area contributed by atoms with E-state index in [9.17, 15) is 9.59 Å². The molecule has 0 fully saturated rings. The molecule has 2 heterocycles. The summed E-state index contributed by atoms with van der Waals surface area (Å²) in [6.45, 7) is 5.17. The van der Waals surface area contributed by atoms with Gasteiger partial charge in [0.25, 0.3) is 0 Å². The van der Waals surface area contributed by atoms with Crippen LogP contribution in [-0.4, -0.2) is 18.7 Å². The first-order chi connectivity index (χ1) is 10.8. The molecule has 0 amide bonds. The fraction of sp³-hybridized carbons (Fsp3) is 0.412. The van der Waals surface area contributed by atoms with Gasteiger partial charge in [-0.15, -0.1) is 0 Å². The lowest BCUT2D eigenvalue weighted by Gasteiger charge is -2.37. The van der Waals surface area contributed by atoms with Crippen LogP contribution in [0.3, 0.4) is 0 Å². The smallest absolute Gasteiger partial charge is 0.336 e. The van der Waals surface area contributed by atoms with E-state index in [1.807, 2.05) is 13.8 Å². The highest BCUT2D eigenvalue weighted by atomic mass is 16.6. The third-order valence-electron chi connectivity index (χ3n) is 3.78. The summed E-state index contributed by atoms with van der Waals surface area (Å²) >= 11 is 0. The zero-order chi connectivity index (χ0) is 16.8. The molecular weight excluding hydrogens is 300 g/mol. The van der Waals surface area contributed by atoms with E-state index in [-0.39, 0.29) is 0 Å². The lowest BCUT2D eigenvalue weighted by molar-refractivity contribution is -0.150. The summed E-state index contributed by atoms with van der Waals surface area (Å²) in [6.07, 6.45) is -0.0928. The first-order valence-corrected chi connectivity index (χ1v) is 7.32. The second-order valence-corrected chi connectivity index (χ2v) is 6.15. The number of hydrogen-bond acceptors (Lipinski definition) is 6. The number of ether oxygens (including phenoxy) is 3. The molecule has 1 aromatic carbocycles. The Hall–Kier alpha value is -2.50. The Morgan fingerprint density at radius 3 is 2.74 bits per heavy atom. The van der Waals surface area contributed by atoms with E-state index in [4.69, 9.17) is 18.6 Å². The number of methoxy groups -OCH3 is 1. The van der Waals surface area contributed by atoms with Gasteiger partial charge in [-0.3, -0.25) is 4.79 Å². The molecular formula is C17H18O6. The van der Waals surface area contributed by atoms with Gasteiger partial charge in [0.1, 0.15) is 23.2 Å². The molecule has 0 spiro atoms. The third-order valence-corrected chi connectivity index (χ3v) is 3.78. The van der Waals surface area contributed by atoms with Crippen molar-refractivity contribution in [3.8, 4) is 11.5 Å². The van der Waals surface area contributed by atoms with Crippen molar-refractivity contribution in [3.63, 3.8) is 0 Å². The fourth-order valence-corrected chi connectivity index (χ4v) is 2.94. The van der Waals surface area contributed by atoms with Gasteiger partial charge in [0.2, 0.25) is 0 Å². The summed E-state index contributed by atoms with van der Waals surface area (Å²) in [6, 6.07) is 4.69. The largest absolute Gasteiger partial charge is 0.496 e. The van der Waals surface area contributed by atoms with Gasteiger partial charge in [0, 0.05) is 25.5 Å². The van der Waals surface area contributed by atoms with Crippen molar-refractivity contribution >= 4 is 16.9 Å². The van der Waals surface area contributed by atoms with Crippen molar-refractivity contribution in [1.29, 1.82) is 0 Å². The molecule has 6 heteroatoms. The topological polar surface area (TPSA) is 75.0 Å². The maximum Gasteiger partial charge on any atom is 0.336 e. The van der Waals surface area contributed by atoms with Crippen molar-refractivity contribution in [2.24, 2.45) is 0 Å². The predicted molar refractivity (Wildman–Crippen MR) is 82.9 cm³/mol. The number of benzene rings is 1. The van der Waals surface area contributed by atoms with Crippen LogP contribution < -0.4 is 15.1 Å². The van der Waals surface area contributed by atoms with Gasteiger partial charge in [-0.2, -0.15) is 0 Å². The van der Waals surface area contributed by atoms with Crippen LogP contribution in [0.4, 0.5) is 0 Å². The molecule has 3 rings (SSSR count). The number of carbonyl (C=O) groups excluding carboxylic acids is 1. The Labute approximate surface area is 132 Å². The maximum atomic E-state index is 11.7. The Bertz CT molecular complexity index is 833. The van der Waals surface area contributed by atoms with Gasteiger partial charge in [-0.25, -0.2) is 4.79 Å². The Balaban J connectivity index is 2.32. The van der Waals surface area contributed by atoms with Crippen molar-refractivity contribution in [2.75, 3.05) is 7.11 Å². The molecule has 0 aliphatic carbocycles. The molecule has 1 aliphatic heterocycles. The van der Waals surface area contributed by atoms with Crippen molar-refractivity contribution in [2.45, 2.75) is 38.9 Å². The number of rotatable bonds is 2. The summed E-state index contributed by atoms with van der Waals surface area (Å²) in [7, 11) is 1.53. The van der Waals surface area contributed by atoms with Crippen LogP contribution in [0.2, 0.25) is 0 Å². The van der Waals surface area contributed by atoms with Crippen molar-refractivity contribution < 1.29 is 23.4 Å². The highest BCUT2D eigenvalue weighted by Gasteiger charge is 2.38. The molecule has 1 atom stereocenters. The summed E-state index contributed by atoms with van der Waals surface area (Å²) in [5, 5.41) is 0.631. The summed E-state index contributed by atoms with van der Waals surface area (Å²) in [5.74, 6) is 0.619. The van der Waals surface area contributed by atoms with E-state index in [0.29, 0.717) is 34.5 Å². The molecule has 0 bridgehead atoms. The summed E-state index contributed by atoms with van der Waals surface area (Å²) < 4.78 is 22.2. The predicted octanol–water partition coefficient (Wildman–Crippen LogP) is 2.97. The molecule has 0 unspecified atom stereocenters. The van der Waals surface area contributed by atoms with E-state index in [0.717, 1.165) is 0 Å². The van der Waals surface area contributed by atoms with Crippen LogP contribution in [0, 0.1) is 0 Å². The molecule has 1 aromatic heterocycles. The Kier molecular flexibility index (Phi) is 3.55. The minimum Gasteiger partial charge on any atom is -0.496 e. The molecule has 23 heavy (non-hydrogen) atoms. The van der Waals surface area contributed by atoms with Crippen LogP contribution in [-0.2, 0) is 9.53 Å². The van der Waals surface area contributed by atoms with Gasteiger partial charge >= 0.3 is 11.6 Å². The molecule has 0 radical (unpaired) electrons. The second-order valence-electron chi connectivity index (χ2n) is 6.15. The zero-order valence-electron chi connectivity index (χ0n) is 13.5. The van der Waals surface area contributed by atoms with Crippen LogP contribution in [0.1, 0.15) is 38.9 Å². The third kappa shape index (κ3) is 2.76. The standard InChI is InChI=1S/C17H18O6/c1-9(18)21-13-8-17(2,3)23-12-7-11(20-4)10-5-6-14(19)22-16(10)15(12)13/h5-7,13H,8H2,1-4H3/t13-/m0/s1. The van der Waals surface area contributed by atoms with Gasteiger partial charge in [0.05, 0.1) is 18.1 Å². The van der Waals surface area contributed by atoms with Crippen LogP contribution in [0.5, 0.6) is 11.5 Å². The van der Waals surface area contributed by atoms with Crippen LogP contribution >= 0.6 is 0 Å².